The number of amides is 1. The van der Waals surface area contributed by atoms with Crippen molar-refractivity contribution < 1.29 is 45.7 Å². The number of ketones is 1. The van der Waals surface area contributed by atoms with Crippen molar-refractivity contribution in [1.29, 1.82) is 0 Å². The van der Waals surface area contributed by atoms with E-state index in [0.29, 0.717) is 6.42 Å². The second kappa shape index (κ2) is 5.10. The summed E-state index contributed by atoms with van der Waals surface area (Å²) < 4.78 is 0. The molecule has 0 aromatic heterocycles. The van der Waals surface area contributed by atoms with Gasteiger partial charge in [0.25, 0.3) is 0 Å². The van der Waals surface area contributed by atoms with Crippen LogP contribution in [0.5, 0.6) is 0 Å². The summed E-state index contributed by atoms with van der Waals surface area (Å²) in [7, 11) is 0. The molecule has 1 heterocycles. The van der Waals surface area contributed by atoms with Crippen LogP contribution in [-0.2, 0) is 9.59 Å². The van der Waals surface area contributed by atoms with Gasteiger partial charge in [0.1, 0.15) is 11.7 Å². The Morgan fingerprint density at radius 3 is 2.46 bits per heavy atom. The Labute approximate surface area is 101 Å². The molecule has 0 saturated carbocycles. The average Bonchev–Trinajstić information content (AvgIpc) is 2.25. The third-order valence-electron chi connectivity index (χ3n) is 2.24. The third-order valence-corrected chi connectivity index (χ3v) is 2.24. The van der Waals surface area contributed by atoms with Gasteiger partial charge in [-0.25, -0.2) is 0 Å². The molecule has 0 radical (unpaired) electrons. The zero-order chi connectivity index (χ0) is 9.30. The molecule has 1 saturated heterocycles. The van der Waals surface area contributed by atoms with Gasteiger partial charge in [-0.3, -0.25) is 9.59 Å². The second-order valence-corrected chi connectivity index (χ2v) is 3.10. The van der Waals surface area contributed by atoms with E-state index in [9.17, 15) is 14.7 Å². The van der Waals surface area contributed by atoms with Gasteiger partial charge >= 0.3 is 29.6 Å². The van der Waals surface area contributed by atoms with Crippen LogP contribution < -0.4 is 34.9 Å². The van der Waals surface area contributed by atoms with Gasteiger partial charge in [-0.2, -0.15) is 0 Å². The summed E-state index contributed by atoms with van der Waals surface area (Å²) in [5.41, 5.74) is 0. The van der Waals surface area contributed by atoms with E-state index in [2.05, 4.69) is 5.32 Å². The summed E-state index contributed by atoms with van der Waals surface area (Å²) in [6, 6.07) is -0.258. The van der Waals surface area contributed by atoms with E-state index in [1.807, 2.05) is 6.92 Å². The Morgan fingerprint density at radius 1 is 1.69 bits per heavy atom. The normalized spacial score (nSPS) is 32.2. The Morgan fingerprint density at radius 2 is 2.23 bits per heavy atom. The Bertz CT molecular complexity index is 225. The molecule has 0 aromatic rings. The van der Waals surface area contributed by atoms with Crippen LogP contribution in [0.15, 0.2) is 0 Å². The third kappa shape index (κ3) is 2.53. The molecule has 0 bridgehead atoms. The number of hydrogen-bond donors (Lipinski definition) is 2. The Hall–Kier alpha value is 0.1000. The van der Waals surface area contributed by atoms with E-state index >= 15 is 0 Å². The van der Waals surface area contributed by atoms with Crippen molar-refractivity contribution in [1.82, 2.24) is 5.32 Å². The van der Waals surface area contributed by atoms with Crippen molar-refractivity contribution in [3.05, 3.63) is 0 Å². The van der Waals surface area contributed by atoms with Gasteiger partial charge in [0.15, 0.2) is 0 Å². The molecule has 1 aliphatic heterocycles. The molecule has 1 aliphatic rings. The predicted octanol–water partition coefficient (Wildman–Crippen LogP) is -3.42. The average molecular weight is 195 g/mol. The summed E-state index contributed by atoms with van der Waals surface area (Å²) in [4.78, 5) is 22.0. The van der Waals surface area contributed by atoms with Gasteiger partial charge in [0.05, 0.1) is 12.1 Å². The number of aliphatic hydroxyl groups is 1. The van der Waals surface area contributed by atoms with E-state index in [-0.39, 0.29) is 48.7 Å². The maximum Gasteiger partial charge on any atom is 1.00 e. The molecule has 4 nitrogen and oxygen atoms in total. The summed E-state index contributed by atoms with van der Waals surface area (Å²) in [6.07, 6.45) is -0.198. The first kappa shape index (κ1) is 13.1. The van der Waals surface area contributed by atoms with Gasteiger partial charge in [-0.1, -0.05) is 6.92 Å². The molecule has 0 aliphatic carbocycles. The Balaban J connectivity index is 0. The molecular weight excluding hydrogens is 181 g/mol. The fraction of sp³-hybridized carbons (Fsp3) is 0.750. The van der Waals surface area contributed by atoms with E-state index in [0.717, 1.165) is 0 Å². The first-order chi connectivity index (χ1) is 5.57. The largest absolute Gasteiger partial charge is 1.00 e. The van der Waals surface area contributed by atoms with Crippen molar-refractivity contribution in [3.8, 4) is 0 Å². The molecule has 1 amide bonds. The molecular formula is C8H14NNaO3. The second-order valence-electron chi connectivity index (χ2n) is 3.10. The molecule has 70 valence electrons. The van der Waals surface area contributed by atoms with Crippen LogP contribution >= 0.6 is 0 Å². The number of carbonyl (C=O) groups excluding carboxylic acids is 2. The molecule has 0 spiro atoms. The van der Waals surface area contributed by atoms with E-state index in [4.69, 9.17) is 0 Å². The van der Waals surface area contributed by atoms with Gasteiger partial charge < -0.3 is 11.8 Å². The van der Waals surface area contributed by atoms with Gasteiger partial charge in [0.2, 0.25) is 5.91 Å². The number of rotatable bonds is 2. The molecule has 13 heavy (non-hydrogen) atoms. The zero-order valence-corrected chi connectivity index (χ0v) is 10.2. The molecule has 2 N–H and O–H groups in total. The molecule has 1 rings (SSSR count). The smallest absolute Gasteiger partial charge is 1.00 e. The van der Waals surface area contributed by atoms with Gasteiger partial charge in [-0.05, 0) is 13.3 Å². The van der Waals surface area contributed by atoms with E-state index < -0.39 is 12.0 Å². The van der Waals surface area contributed by atoms with Crippen molar-refractivity contribution in [2.45, 2.75) is 32.4 Å². The summed E-state index contributed by atoms with van der Waals surface area (Å²) in [5.74, 6) is -1.47. The SMILES string of the molecule is CCC1NC(=O)C(C(C)=O)C1O.[H-].[Na+]. The minimum Gasteiger partial charge on any atom is -1.00 e. The van der Waals surface area contributed by atoms with Crippen LogP contribution in [0.25, 0.3) is 0 Å². The Kier molecular flexibility index (Phi) is 5.14. The summed E-state index contributed by atoms with van der Waals surface area (Å²) in [5, 5.41) is 12.1. The minimum atomic E-state index is -0.852. The standard InChI is InChI=1S/C8H13NO3.Na.H/c1-3-5-7(11)6(4(2)10)8(12)9-5;;/h5-7,11H,3H2,1-2H3,(H,9,12);;/q;+1;-1. The van der Waals surface area contributed by atoms with Crippen molar-refractivity contribution in [3.63, 3.8) is 0 Å². The maximum absolute atomic E-state index is 11.1. The fourth-order valence-corrected chi connectivity index (χ4v) is 1.51. The number of nitrogens with one attached hydrogen (secondary N) is 1. The maximum atomic E-state index is 11.1. The number of Topliss-reactive ketones (excluding diaryl/α,β-unsaturated/α-hetero) is 1. The molecule has 3 atom stereocenters. The number of aliphatic hydroxyl groups excluding tert-OH is 1. The first-order valence-electron chi connectivity index (χ1n) is 4.06. The number of hydrogen-bond acceptors (Lipinski definition) is 3. The molecule has 0 aromatic carbocycles. The van der Waals surface area contributed by atoms with Crippen LogP contribution in [0, 0.1) is 5.92 Å². The topological polar surface area (TPSA) is 66.4 Å². The summed E-state index contributed by atoms with van der Waals surface area (Å²) >= 11 is 0. The van der Waals surface area contributed by atoms with Crippen LogP contribution in [0.4, 0.5) is 0 Å². The fourth-order valence-electron chi connectivity index (χ4n) is 1.51. The van der Waals surface area contributed by atoms with Crippen LogP contribution in [0.2, 0.25) is 0 Å². The molecule has 5 heteroatoms. The molecule has 3 unspecified atom stereocenters. The number of carbonyl (C=O) groups is 2. The predicted molar refractivity (Wildman–Crippen MR) is 43.5 cm³/mol. The van der Waals surface area contributed by atoms with E-state index in [1.54, 1.807) is 0 Å². The quantitative estimate of drug-likeness (QED) is 0.356. The van der Waals surface area contributed by atoms with Crippen molar-refractivity contribution >= 4 is 11.7 Å². The van der Waals surface area contributed by atoms with Gasteiger partial charge in [-0.15, -0.1) is 0 Å². The van der Waals surface area contributed by atoms with Crippen LogP contribution in [0.3, 0.4) is 0 Å². The summed E-state index contributed by atoms with van der Waals surface area (Å²) in [6.45, 7) is 3.18. The molecule has 1 fully saturated rings. The van der Waals surface area contributed by atoms with Crippen LogP contribution in [-0.4, -0.2) is 28.9 Å². The van der Waals surface area contributed by atoms with Crippen molar-refractivity contribution in [2.75, 3.05) is 0 Å². The zero-order valence-electron chi connectivity index (χ0n) is 9.20. The minimum absolute atomic E-state index is 0. The van der Waals surface area contributed by atoms with Crippen molar-refractivity contribution in [2.24, 2.45) is 5.92 Å². The van der Waals surface area contributed by atoms with Crippen LogP contribution in [0.1, 0.15) is 21.7 Å². The van der Waals surface area contributed by atoms with E-state index in [1.165, 1.54) is 6.92 Å². The first-order valence-corrected chi connectivity index (χ1v) is 4.06. The monoisotopic (exact) mass is 195 g/mol. The van der Waals surface area contributed by atoms with Gasteiger partial charge in [0, 0.05) is 0 Å².